The Morgan fingerprint density at radius 2 is 1.89 bits per heavy atom. The summed E-state index contributed by atoms with van der Waals surface area (Å²) in [6, 6.07) is 12.0. The second-order valence-electron chi connectivity index (χ2n) is 4.06. The topological polar surface area (TPSA) is 23.5 Å². The van der Waals surface area contributed by atoms with Crippen molar-refractivity contribution in [1.82, 2.24) is 0 Å². The Balaban J connectivity index is 2.24. The molecular formula is C14H13BrFNO. The van der Waals surface area contributed by atoms with Gasteiger partial charge in [-0.15, -0.1) is 0 Å². The van der Waals surface area contributed by atoms with Crippen LogP contribution in [-0.2, 0) is 6.54 Å². The Kier molecular flexibility index (Phi) is 3.87. The van der Waals surface area contributed by atoms with Crippen LogP contribution in [0.5, 0.6) is 5.75 Å². The quantitative estimate of drug-likeness (QED) is 0.928. The average molecular weight is 310 g/mol. The Labute approximate surface area is 114 Å². The molecule has 0 amide bonds. The second-order valence-corrected chi connectivity index (χ2v) is 4.91. The number of nitrogens with zero attached hydrogens (tertiary/aromatic N) is 1. The van der Waals surface area contributed by atoms with Crippen molar-refractivity contribution in [3.63, 3.8) is 0 Å². The molecule has 0 unspecified atom stereocenters. The van der Waals surface area contributed by atoms with E-state index in [1.54, 1.807) is 36.2 Å². The van der Waals surface area contributed by atoms with Gasteiger partial charge in [-0.05, 0) is 34.1 Å². The van der Waals surface area contributed by atoms with Crippen LogP contribution in [0.4, 0.5) is 10.1 Å². The van der Waals surface area contributed by atoms with E-state index in [9.17, 15) is 9.50 Å². The van der Waals surface area contributed by atoms with Crippen molar-refractivity contribution in [2.24, 2.45) is 0 Å². The number of hydrogen-bond donors (Lipinski definition) is 1. The lowest BCUT2D eigenvalue weighted by Crippen LogP contribution is -2.17. The number of hydrogen-bond acceptors (Lipinski definition) is 2. The molecule has 0 heterocycles. The van der Waals surface area contributed by atoms with E-state index in [0.717, 1.165) is 5.56 Å². The number of benzene rings is 2. The number of anilines is 1. The van der Waals surface area contributed by atoms with Gasteiger partial charge in [0.1, 0.15) is 11.6 Å². The number of halogens is 2. The first-order chi connectivity index (χ1) is 8.59. The lowest BCUT2D eigenvalue weighted by molar-refractivity contribution is 0.464. The predicted molar refractivity (Wildman–Crippen MR) is 74.3 cm³/mol. The highest BCUT2D eigenvalue weighted by molar-refractivity contribution is 9.10. The van der Waals surface area contributed by atoms with Gasteiger partial charge < -0.3 is 10.0 Å². The van der Waals surface area contributed by atoms with Gasteiger partial charge in [0.25, 0.3) is 0 Å². The van der Waals surface area contributed by atoms with Crippen molar-refractivity contribution in [3.8, 4) is 5.75 Å². The van der Waals surface area contributed by atoms with Crippen LogP contribution in [0.1, 0.15) is 5.56 Å². The number of para-hydroxylation sites is 2. The fourth-order valence-corrected chi connectivity index (χ4v) is 2.20. The summed E-state index contributed by atoms with van der Waals surface area (Å²) in [4.78, 5) is 1.76. The van der Waals surface area contributed by atoms with E-state index >= 15 is 0 Å². The van der Waals surface area contributed by atoms with Crippen LogP contribution in [0.2, 0.25) is 0 Å². The first-order valence-electron chi connectivity index (χ1n) is 5.51. The Hall–Kier alpha value is -1.55. The highest BCUT2D eigenvalue weighted by Gasteiger charge is 2.10. The van der Waals surface area contributed by atoms with E-state index in [4.69, 9.17) is 0 Å². The minimum Gasteiger partial charge on any atom is -0.506 e. The minimum atomic E-state index is -0.269. The standard InChI is InChI=1S/C14H13BrFNO/c1-17(13-8-3-2-7-12(13)16)9-10-5-4-6-11(15)14(10)18/h2-8,18H,9H2,1H3. The van der Waals surface area contributed by atoms with E-state index < -0.39 is 0 Å². The van der Waals surface area contributed by atoms with Crippen molar-refractivity contribution in [2.45, 2.75) is 6.54 Å². The molecule has 0 aromatic heterocycles. The molecule has 0 spiro atoms. The first kappa shape index (κ1) is 12.9. The summed E-state index contributed by atoms with van der Waals surface area (Å²) in [5, 5.41) is 9.90. The maximum atomic E-state index is 13.6. The molecule has 1 N–H and O–H groups in total. The molecule has 2 nitrogen and oxygen atoms in total. The molecule has 0 saturated heterocycles. The maximum absolute atomic E-state index is 13.6. The average Bonchev–Trinajstić information content (AvgIpc) is 2.35. The van der Waals surface area contributed by atoms with Crippen LogP contribution in [0, 0.1) is 5.82 Å². The summed E-state index contributed by atoms with van der Waals surface area (Å²) in [5.74, 6) is -0.0739. The van der Waals surface area contributed by atoms with Gasteiger partial charge in [0, 0.05) is 19.2 Å². The molecule has 0 atom stereocenters. The van der Waals surface area contributed by atoms with Crippen molar-refractivity contribution in [2.75, 3.05) is 11.9 Å². The summed E-state index contributed by atoms with van der Waals surface area (Å²) < 4.78 is 14.2. The van der Waals surface area contributed by atoms with Crippen molar-refractivity contribution in [1.29, 1.82) is 0 Å². The largest absolute Gasteiger partial charge is 0.506 e. The number of rotatable bonds is 3. The summed E-state index contributed by atoms with van der Waals surface area (Å²) in [7, 11) is 1.79. The van der Waals surface area contributed by atoms with E-state index in [2.05, 4.69) is 15.9 Å². The third kappa shape index (κ3) is 2.64. The Morgan fingerprint density at radius 1 is 1.17 bits per heavy atom. The van der Waals surface area contributed by atoms with Gasteiger partial charge in [0.2, 0.25) is 0 Å². The molecule has 0 bridgehead atoms. The van der Waals surface area contributed by atoms with Crippen LogP contribution >= 0.6 is 15.9 Å². The Morgan fingerprint density at radius 3 is 2.61 bits per heavy atom. The second kappa shape index (κ2) is 5.40. The van der Waals surface area contributed by atoms with Crippen LogP contribution < -0.4 is 4.90 Å². The molecule has 0 aliphatic heterocycles. The fraction of sp³-hybridized carbons (Fsp3) is 0.143. The summed E-state index contributed by atoms with van der Waals surface area (Å²) in [6.45, 7) is 0.437. The molecule has 94 valence electrons. The number of phenols is 1. The molecule has 0 aliphatic carbocycles. The maximum Gasteiger partial charge on any atom is 0.146 e. The molecule has 2 aromatic carbocycles. The molecule has 0 aliphatic rings. The van der Waals surface area contributed by atoms with Gasteiger partial charge in [-0.25, -0.2) is 4.39 Å². The summed E-state index contributed by atoms with van der Waals surface area (Å²) in [5.41, 5.74) is 1.26. The van der Waals surface area contributed by atoms with E-state index in [-0.39, 0.29) is 11.6 Å². The van der Waals surface area contributed by atoms with Gasteiger partial charge in [-0.2, -0.15) is 0 Å². The highest BCUT2D eigenvalue weighted by Crippen LogP contribution is 2.29. The highest BCUT2D eigenvalue weighted by atomic mass is 79.9. The molecule has 2 rings (SSSR count). The summed E-state index contributed by atoms with van der Waals surface area (Å²) >= 11 is 3.26. The molecule has 18 heavy (non-hydrogen) atoms. The molecule has 4 heteroatoms. The predicted octanol–water partition coefficient (Wildman–Crippen LogP) is 3.93. The third-order valence-corrected chi connectivity index (χ3v) is 3.38. The molecule has 0 radical (unpaired) electrons. The van der Waals surface area contributed by atoms with Gasteiger partial charge in [-0.3, -0.25) is 0 Å². The molecule has 0 saturated carbocycles. The zero-order valence-electron chi connectivity index (χ0n) is 9.90. The first-order valence-corrected chi connectivity index (χ1v) is 6.31. The van der Waals surface area contributed by atoms with Crippen molar-refractivity contribution in [3.05, 3.63) is 58.3 Å². The van der Waals surface area contributed by atoms with Crippen LogP contribution in [0.15, 0.2) is 46.9 Å². The van der Waals surface area contributed by atoms with Crippen LogP contribution in [0.25, 0.3) is 0 Å². The normalized spacial score (nSPS) is 10.4. The van der Waals surface area contributed by atoms with Crippen LogP contribution in [0.3, 0.4) is 0 Å². The minimum absolute atomic E-state index is 0.195. The number of phenolic OH excluding ortho intramolecular Hbond substituents is 1. The molecular weight excluding hydrogens is 297 g/mol. The van der Waals surface area contributed by atoms with Gasteiger partial charge in [0.05, 0.1) is 10.2 Å². The zero-order chi connectivity index (χ0) is 13.1. The van der Waals surface area contributed by atoms with Crippen molar-refractivity contribution < 1.29 is 9.50 Å². The van der Waals surface area contributed by atoms with E-state index in [0.29, 0.717) is 16.7 Å². The van der Waals surface area contributed by atoms with Crippen molar-refractivity contribution >= 4 is 21.6 Å². The lowest BCUT2D eigenvalue weighted by atomic mass is 10.2. The Bertz CT molecular complexity index is 559. The van der Waals surface area contributed by atoms with Gasteiger partial charge in [-0.1, -0.05) is 24.3 Å². The van der Waals surface area contributed by atoms with E-state index in [1.165, 1.54) is 6.07 Å². The number of aromatic hydroxyl groups is 1. The summed E-state index contributed by atoms with van der Waals surface area (Å²) in [6.07, 6.45) is 0. The van der Waals surface area contributed by atoms with Gasteiger partial charge in [0.15, 0.2) is 0 Å². The third-order valence-electron chi connectivity index (χ3n) is 2.74. The molecule has 0 fully saturated rings. The fourth-order valence-electron chi connectivity index (χ4n) is 1.79. The molecule has 2 aromatic rings. The monoisotopic (exact) mass is 309 g/mol. The SMILES string of the molecule is CN(Cc1cccc(Br)c1O)c1ccccc1F. The van der Waals surface area contributed by atoms with E-state index in [1.807, 2.05) is 12.1 Å². The van der Waals surface area contributed by atoms with Gasteiger partial charge >= 0.3 is 0 Å². The smallest absolute Gasteiger partial charge is 0.146 e. The zero-order valence-corrected chi connectivity index (χ0v) is 11.5. The van der Waals surface area contributed by atoms with Crippen LogP contribution in [-0.4, -0.2) is 12.2 Å². The lowest BCUT2D eigenvalue weighted by Gasteiger charge is -2.20.